The van der Waals surface area contributed by atoms with Crippen molar-refractivity contribution in [1.82, 2.24) is 10.6 Å². The van der Waals surface area contributed by atoms with E-state index in [-0.39, 0.29) is 17.9 Å². The van der Waals surface area contributed by atoms with Gasteiger partial charge in [-0.2, -0.15) is 5.26 Å². The molecular weight excluding hydrogens is 466 g/mol. The first-order chi connectivity index (χ1) is 16.8. The van der Waals surface area contributed by atoms with E-state index in [1.165, 1.54) is 36.4 Å². The molecule has 1 atom stereocenters. The number of anilines is 2. The lowest BCUT2D eigenvalue weighted by atomic mass is 10.1. The molecule has 0 aliphatic carbocycles. The van der Waals surface area contributed by atoms with Gasteiger partial charge in [-0.05, 0) is 48.9 Å². The number of carbonyl (C=O) groups excluding carboxylic acids is 2. The molecule has 0 bridgehead atoms. The Hall–Kier alpha value is -4.36. The van der Waals surface area contributed by atoms with Gasteiger partial charge in [0.25, 0.3) is 10.0 Å². The highest BCUT2D eigenvalue weighted by molar-refractivity contribution is 7.92. The van der Waals surface area contributed by atoms with Crippen LogP contribution >= 0.6 is 0 Å². The summed E-state index contributed by atoms with van der Waals surface area (Å²) in [5, 5.41) is 16.4. The molecule has 0 saturated heterocycles. The summed E-state index contributed by atoms with van der Waals surface area (Å²) in [4.78, 5) is 25.1. The van der Waals surface area contributed by atoms with Gasteiger partial charge in [-0.3, -0.25) is 9.52 Å². The fraction of sp³-hybridized carbons (Fsp3) is 0.160. The van der Waals surface area contributed by atoms with E-state index in [0.717, 1.165) is 11.1 Å². The van der Waals surface area contributed by atoms with E-state index >= 15 is 0 Å². The van der Waals surface area contributed by atoms with E-state index in [4.69, 9.17) is 5.26 Å². The lowest BCUT2D eigenvalue weighted by Crippen LogP contribution is -2.49. The van der Waals surface area contributed by atoms with Crippen LogP contribution in [-0.2, 0) is 21.2 Å². The van der Waals surface area contributed by atoms with Gasteiger partial charge in [0.05, 0.1) is 11.0 Å². The second kappa shape index (κ2) is 11.7. The number of benzene rings is 3. The predicted molar refractivity (Wildman–Crippen MR) is 133 cm³/mol. The molecule has 0 unspecified atom stereocenters. The number of nitriles is 1. The summed E-state index contributed by atoms with van der Waals surface area (Å²) in [5.41, 5.74) is 2.52. The van der Waals surface area contributed by atoms with Crippen LogP contribution < -0.4 is 20.7 Å². The zero-order valence-corrected chi connectivity index (χ0v) is 19.8. The Bertz CT molecular complexity index is 1300. The number of hydrogen-bond donors (Lipinski definition) is 4. The van der Waals surface area contributed by atoms with Crippen molar-refractivity contribution in [3.8, 4) is 6.07 Å². The molecule has 35 heavy (non-hydrogen) atoms. The van der Waals surface area contributed by atoms with Crippen LogP contribution in [-0.4, -0.2) is 32.9 Å². The number of rotatable bonds is 9. The topological polar surface area (TPSA) is 140 Å². The monoisotopic (exact) mass is 491 g/mol. The first kappa shape index (κ1) is 25.3. The minimum absolute atomic E-state index is 0.142. The molecule has 3 aromatic rings. The molecule has 0 aliphatic heterocycles. The minimum Gasteiger partial charge on any atom is -0.341 e. The summed E-state index contributed by atoms with van der Waals surface area (Å²) in [6.07, 6.45) is 0.241. The first-order valence-corrected chi connectivity index (χ1v) is 12.2. The number of nitrogens with one attached hydrogen (secondary N) is 4. The molecule has 0 saturated carbocycles. The van der Waals surface area contributed by atoms with Gasteiger partial charge in [-0.1, -0.05) is 48.0 Å². The minimum atomic E-state index is -3.75. The van der Waals surface area contributed by atoms with E-state index in [0.29, 0.717) is 11.4 Å². The van der Waals surface area contributed by atoms with Crippen molar-refractivity contribution in [2.45, 2.75) is 24.3 Å². The van der Waals surface area contributed by atoms with Crippen molar-refractivity contribution in [1.29, 1.82) is 5.26 Å². The van der Waals surface area contributed by atoms with Gasteiger partial charge in [-0.25, -0.2) is 13.2 Å². The van der Waals surface area contributed by atoms with Crippen LogP contribution in [0.3, 0.4) is 0 Å². The third-order valence-corrected chi connectivity index (χ3v) is 6.37. The number of sulfonamides is 1. The van der Waals surface area contributed by atoms with E-state index in [1.54, 1.807) is 12.1 Å². The molecule has 9 nitrogen and oxygen atoms in total. The highest BCUT2D eigenvalue weighted by atomic mass is 32.2. The quantitative estimate of drug-likeness (QED) is 0.340. The molecule has 3 rings (SSSR count). The third-order valence-electron chi connectivity index (χ3n) is 4.97. The maximum absolute atomic E-state index is 12.5. The normalized spacial score (nSPS) is 11.5. The summed E-state index contributed by atoms with van der Waals surface area (Å²) in [6, 6.07) is 22.1. The number of carbonyl (C=O) groups is 2. The van der Waals surface area contributed by atoms with Crippen LogP contribution in [0.5, 0.6) is 0 Å². The Morgan fingerprint density at radius 1 is 0.914 bits per heavy atom. The molecule has 3 amide bonds. The standard InChI is InChI=1S/C25H25N5O4S/c1-18-7-13-22(14-8-18)35(33,34)30-21-11-9-20(10-12-21)28-25(32)29-23(24(31)27-16-15-26)17-19-5-3-2-4-6-19/h2-14,23,30H,16-17H2,1H3,(H,27,31)(H2,28,29,32)/t23-/m1/s1. The number of amides is 3. The SMILES string of the molecule is Cc1ccc(S(=O)(=O)Nc2ccc(NC(=O)N[C@H](Cc3ccccc3)C(=O)NCC#N)cc2)cc1. The molecule has 0 aliphatic rings. The van der Waals surface area contributed by atoms with Crippen LogP contribution in [0.2, 0.25) is 0 Å². The fourth-order valence-corrected chi connectivity index (χ4v) is 4.25. The number of aryl methyl sites for hydroxylation is 1. The summed E-state index contributed by atoms with van der Waals surface area (Å²) < 4.78 is 27.6. The van der Waals surface area contributed by atoms with Crippen LogP contribution in [0, 0.1) is 18.3 Å². The van der Waals surface area contributed by atoms with E-state index in [9.17, 15) is 18.0 Å². The van der Waals surface area contributed by atoms with E-state index in [2.05, 4.69) is 20.7 Å². The summed E-state index contributed by atoms with van der Waals surface area (Å²) >= 11 is 0. The molecule has 0 fully saturated rings. The van der Waals surface area contributed by atoms with Crippen molar-refractivity contribution >= 4 is 33.3 Å². The number of hydrogen-bond acceptors (Lipinski definition) is 5. The van der Waals surface area contributed by atoms with Crippen LogP contribution in [0.1, 0.15) is 11.1 Å². The molecule has 0 radical (unpaired) electrons. The summed E-state index contributed by atoms with van der Waals surface area (Å²) in [5.74, 6) is -0.480. The average Bonchev–Trinajstić information content (AvgIpc) is 2.84. The van der Waals surface area contributed by atoms with Crippen molar-refractivity contribution < 1.29 is 18.0 Å². The molecule has 180 valence electrons. The van der Waals surface area contributed by atoms with Crippen LogP contribution in [0.15, 0.2) is 83.8 Å². The fourth-order valence-electron chi connectivity index (χ4n) is 3.19. The molecule has 10 heteroatoms. The molecule has 4 N–H and O–H groups in total. The van der Waals surface area contributed by atoms with E-state index in [1.807, 2.05) is 43.3 Å². The van der Waals surface area contributed by atoms with Crippen molar-refractivity contribution in [2.75, 3.05) is 16.6 Å². The van der Waals surface area contributed by atoms with Gasteiger partial charge in [-0.15, -0.1) is 0 Å². The van der Waals surface area contributed by atoms with Crippen molar-refractivity contribution in [3.63, 3.8) is 0 Å². The second-order valence-corrected chi connectivity index (χ2v) is 9.39. The first-order valence-electron chi connectivity index (χ1n) is 10.7. The Labute approximate surface area is 204 Å². The number of urea groups is 1. The molecule has 0 aromatic heterocycles. The predicted octanol–water partition coefficient (Wildman–Crippen LogP) is 3.17. The van der Waals surface area contributed by atoms with E-state index < -0.39 is 28.0 Å². The van der Waals surface area contributed by atoms with Crippen LogP contribution in [0.25, 0.3) is 0 Å². The zero-order valence-electron chi connectivity index (χ0n) is 19.0. The zero-order chi connectivity index (χ0) is 25.3. The van der Waals surface area contributed by atoms with Crippen LogP contribution in [0.4, 0.5) is 16.2 Å². The Kier molecular flexibility index (Phi) is 8.43. The highest BCUT2D eigenvalue weighted by Gasteiger charge is 2.21. The Morgan fingerprint density at radius 3 is 2.17 bits per heavy atom. The largest absolute Gasteiger partial charge is 0.341 e. The smallest absolute Gasteiger partial charge is 0.319 e. The Balaban J connectivity index is 1.63. The maximum Gasteiger partial charge on any atom is 0.319 e. The average molecular weight is 492 g/mol. The molecule has 0 spiro atoms. The van der Waals surface area contributed by atoms with Gasteiger partial charge >= 0.3 is 6.03 Å². The van der Waals surface area contributed by atoms with Crippen molar-refractivity contribution in [3.05, 3.63) is 90.0 Å². The lowest BCUT2D eigenvalue weighted by molar-refractivity contribution is -0.122. The lowest BCUT2D eigenvalue weighted by Gasteiger charge is -2.18. The third kappa shape index (κ3) is 7.58. The summed E-state index contributed by atoms with van der Waals surface area (Å²) in [6.45, 7) is 1.70. The molecule has 3 aromatic carbocycles. The molecule has 0 heterocycles. The van der Waals surface area contributed by atoms with Gasteiger partial charge in [0.15, 0.2) is 0 Å². The number of nitrogens with zero attached hydrogens (tertiary/aromatic N) is 1. The van der Waals surface area contributed by atoms with Crippen molar-refractivity contribution in [2.24, 2.45) is 0 Å². The summed E-state index contributed by atoms with van der Waals surface area (Å²) in [7, 11) is -3.75. The van der Waals surface area contributed by atoms with Gasteiger partial charge in [0.2, 0.25) is 5.91 Å². The van der Waals surface area contributed by atoms with Gasteiger partial charge in [0, 0.05) is 17.8 Å². The second-order valence-electron chi connectivity index (χ2n) is 7.71. The van der Waals surface area contributed by atoms with Gasteiger partial charge < -0.3 is 16.0 Å². The molecular formula is C25H25N5O4S. The maximum atomic E-state index is 12.5. The Morgan fingerprint density at radius 2 is 1.54 bits per heavy atom. The van der Waals surface area contributed by atoms with Gasteiger partial charge in [0.1, 0.15) is 12.6 Å². The highest BCUT2D eigenvalue weighted by Crippen LogP contribution is 2.19.